The minimum atomic E-state index is 0.410. The van der Waals surface area contributed by atoms with Gasteiger partial charge in [0, 0.05) is 12.1 Å². The van der Waals surface area contributed by atoms with Crippen LogP contribution in [0.25, 0.3) is 0 Å². The number of phenols is 1. The maximum absolute atomic E-state index is 9.68. The lowest BCUT2D eigenvalue weighted by molar-refractivity contribution is 0.464. The first-order chi connectivity index (χ1) is 6.79. The molecule has 0 aliphatic heterocycles. The van der Waals surface area contributed by atoms with Gasteiger partial charge in [-0.15, -0.1) is 0 Å². The number of rotatable bonds is 5. The van der Waals surface area contributed by atoms with Gasteiger partial charge in [0.15, 0.2) is 0 Å². The van der Waals surface area contributed by atoms with Gasteiger partial charge < -0.3 is 10.4 Å². The minimum Gasteiger partial charge on any atom is -0.508 e. The molecule has 0 atom stereocenters. The van der Waals surface area contributed by atoms with Gasteiger partial charge in [-0.2, -0.15) is 0 Å². The molecular formula is C12H19NO. The van der Waals surface area contributed by atoms with Crippen molar-refractivity contribution in [3.63, 3.8) is 0 Å². The van der Waals surface area contributed by atoms with Crippen molar-refractivity contribution in [2.75, 3.05) is 7.05 Å². The van der Waals surface area contributed by atoms with Crippen molar-refractivity contribution < 1.29 is 5.11 Å². The van der Waals surface area contributed by atoms with Crippen LogP contribution in [0.2, 0.25) is 0 Å². The summed E-state index contributed by atoms with van der Waals surface area (Å²) in [4.78, 5) is 0. The van der Waals surface area contributed by atoms with Gasteiger partial charge in [-0.25, -0.2) is 0 Å². The van der Waals surface area contributed by atoms with Gasteiger partial charge in [0.25, 0.3) is 0 Å². The quantitative estimate of drug-likeness (QED) is 0.753. The van der Waals surface area contributed by atoms with Crippen molar-refractivity contribution in [1.82, 2.24) is 5.32 Å². The first-order valence-electron chi connectivity index (χ1n) is 5.24. The molecule has 0 bridgehead atoms. The summed E-state index contributed by atoms with van der Waals surface area (Å²) < 4.78 is 0. The standard InChI is InChI=1S/C12H19NO/c1-3-4-6-10-7-5-8-12(14)11(10)9-13-2/h5,7-8,13-14H,3-4,6,9H2,1-2H3. The van der Waals surface area contributed by atoms with Gasteiger partial charge in [0.2, 0.25) is 0 Å². The molecule has 0 spiro atoms. The maximum Gasteiger partial charge on any atom is 0.120 e. The largest absolute Gasteiger partial charge is 0.508 e. The lowest BCUT2D eigenvalue weighted by Gasteiger charge is -2.10. The molecular weight excluding hydrogens is 174 g/mol. The summed E-state index contributed by atoms with van der Waals surface area (Å²) in [6.45, 7) is 2.92. The van der Waals surface area contributed by atoms with Crippen LogP contribution in [0, 0.1) is 0 Å². The Morgan fingerprint density at radius 2 is 2.14 bits per heavy atom. The van der Waals surface area contributed by atoms with Gasteiger partial charge >= 0.3 is 0 Å². The fourth-order valence-electron chi connectivity index (χ4n) is 1.60. The van der Waals surface area contributed by atoms with E-state index in [0.29, 0.717) is 5.75 Å². The lowest BCUT2D eigenvalue weighted by Crippen LogP contribution is -2.08. The van der Waals surface area contributed by atoms with E-state index in [1.807, 2.05) is 13.1 Å². The molecule has 0 saturated heterocycles. The average Bonchev–Trinajstić information content (AvgIpc) is 2.19. The molecule has 0 radical (unpaired) electrons. The van der Waals surface area contributed by atoms with Crippen LogP contribution >= 0.6 is 0 Å². The van der Waals surface area contributed by atoms with Crippen molar-refractivity contribution in [3.05, 3.63) is 29.3 Å². The van der Waals surface area contributed by atoms with E-state index in [4.69, 9.17) is 0 Å². The van der Waals surface area contributed by atoms with Crippen LogP contribution in [0.4, 0.5) is 0 Å². The normalized spacial score (nSPS) is 10.4. The Bertz CT molecular complexity index is 284. The first-order valence-corrected chi connectivity index (χ1v) is 5.24. The molecule has 1 rings (SSSR count). The van der Waals surface area contributed by atoms with Gasteiger partial charge in [-0.1, -0.05) is 25.5 Å². The van der Waals surface area contributed by atoms with Crippen LogP contribution in [0.3, 0.4) is 0 Å². The molecule has 0 aliphatic rings. The smallest absolute Gasteiger partial charge is 0.120 e. The number of benzene rings is 1. The monoisotopic (exact) mass is 193 g/mol. The maximum atomic E-state index is 9.68. The van der Waals surface area contributed by atoms with Crippen LogP contribution in [0.15, 0.2) is 18.2 Å². The van der Waals surface area contributed by atoms with Crippen LogP contribution in [-0.4, -0.2) is 12.2 Å². The summed E-state index contributed by atoms with van der Waals surface area (Å²) in [7, 11) is 1.90. The Kier molecular flexibility index (Phi) is 4.47. The second-order valence-electron chi connectivity index (χ2n) is 3.55. The van der Waals surface area contributed by atoms with Crippen LogP contribution < -0.4 is 5.32 Å². The Labute approximate surface area is 86.0 Å². The molecule has 2 nitrogen and oxygen atoms in total. The molecule has 0 amide bonds. The van der Waals surface area contributed by atoms with E-state index in [2.05, 4.69) is 18.3 Å². The Morgan fingerprint density at radius 1 is 1.36 bits per heavy atom. The highest BCUT2D eigenvalue weighted by Gasteiger charge is 2.05. The second-order valence-corrected chi connectivity index (χ2v) is 3.55. The highest BCUT2D eigenvalue weighted by atomic mass is 16.3. The highest BCUT2D eigenvalue weighted by molar-refractivity contribution is 5.39. The number of aryl methyl sites for hydroxylation is 1. The molecule has 0 fully saturated rings. The van der Waals surface area contributed by atoms with E-state index in [-0.39, 0.29) is 0 Å². The lowest BCUT2D eigenvalue weighted by atomic mass is 10.0. The molecule has 78 valence electrons. The Balaban J connectivity index is 2.83. The van der Waals surface area contributed by atoms with E-state index in [1.54, 1.807) is 6.07 Å². The number of nitrogens with one attached hydrogen (secondary N) is 1. The van der Waals surface area contributed by atoms with E-state index >= 15 is 0 Å². The highest BCUT2D eigenvalue weighted by Crippen LogP contribution is 2.22. The summed E-state index contributed by atoms with van der Waals surface area (Å²) in [6, 6.07) is 5.77. The van der Waals surface area contributed by atoms with Gasteiger partial charge in [-0.05, 0) is 31.5 Å². The Morgan fingerprint density at radius 3 is 2.79 bits per heavy atom. The molecule has 0 heterocycles. The molecule has 0 saturated carbocycles. The number of unbranched alkanes of at least 4 members (excludes halogenated alkanes) is 1. The molecule has 2 heteroatoms. The molecule has 14 heavy (non-hydrogen) atoms. The topological polar surface area (TPSA) is 32.3 Å². The van der Waals surface area contributed by atoms with Crippen molar-refractivity contribution >= 4 is 0 Å². The molecule has 0 aromatic heterocycles. The first kappa shape index (κ1) is 11.1. The number of aromatic hydroxyl groups is 1. The Hall–Kier alpha value is -1.02. The molecule has 1 aromatic rings. The summed E-state index contributed by atoms with van der Waals surface area (Å²) in [5.74, 6) is 0.410. The molecule has 0 aliphatic carbocycles. The van der Waals surface area contributed by atoms with E-state index in [0.717, 1.165) is 18.5 Å². The molecule has 0 unspecified atom stereocenters. The third-order valence-electron chi connectivity index (χ3n) is 2.40. The van der Waals surface area contributed by atoms with E-state index in [9.17, 15) is 5.11 Å². The third-order valence-corrected chi connectivity index (χ3v) is 2.40. The van der Waals surface area contributed by atoms with Crippen LogP contribution in [0.1, 0.15) is 30.9 Å². The zero-order valence-corrected chi connectivity index (χ0v) is 9.01. The zero-order chi connectivity index (χ0) is 10.4. The predicted molar refractivity (Wildman–Crippen MR) is 59.5 cm³/mol. The van der Waals surface area contributed by atoms with E-state index in [1.165, 1.54) is 18.4 Å². The van der Waals surface area contributed by atoms with Crippen molar-refractivity contribution in [2.24, 2.45) is 0 Å². The predicted octanol–water partition coefficient (Wildman–Crippen LogP) is 2.45. The minimum absolute atomic E-state index is 0.410. The summed E-state index contributed by atoms with van der Waals surface area (Å²) in [5.41, 5.74) is 2.31. The van der Waals surface area contributed by atoms with Crippen molar-refractivity contribution in [3.8, 4) is 5.75 Å². The summed E-state index contributed by atoms with van der Waals surface area (Å²) >= 11 is 0. The zero-order valence-electron chi connectivity index (χ0n) is 9.01. The van der Waals surface area contributed by atoms with Crippen molar-refractivity contribution in [2.45, 2.75) is 32.7 Å². The average molecular weight is 193 g/mol. The van der Waals surface area contributed by atoms with Gasteiger partial charge in [0.05, 0.1) is 0 Å². The second kappa shape index (κ2) is 5.66. The summed E-state index contributed by atoms with van der Waals surface area (Å²) in [5, 5.41) is 12.8. The molecule has 1 aromatic carbocycles. The number of hydrogen-bond donors (Lipinski definition) is 2. The van der Waals surface area contributed by atoms with Gasteiger partial charge in [-0.3, -0.25) is 0 Å². The molecule has 2 N–H and O–H groups in total. The SMILES string of the molecule is CCCCc1cccc(O)c1CNC. The third kappa shape index (κ3) is 2.74. The number of hydrogen-bond acceptors (Lipinski definition) is 2. The van der Waals surface area contributed by atoms with E-state index < -0.39 is 0 Å². The van der Waals surface area contributed by atoms with Gasteiger partial charge in [0.1, 0.15) is 5.75 Å². The fourth-order valence-corrected chi connectivity index (χ4v) is 1.60. The van der Waals surface area contributed by atoms with Crippen LogP contribution in [-0.2, 0) is 13.0 Å². The summed E-state index contributed by atoms with van der Waals surface area (Å²) in [6.07, 6.45) is 3.43. The van der Waals surface area contributed by atoms with Crippen molar-refractivity contribution in [1.29, 1.82) is 0 Å². The number of phenolic OH excluding ortho intramolecular Hbond substituents is 1. The fraction of sp³-hybridized carbons (Fsp3) is 0.500. The van der Waals surface area contributed by atoms with Crippen LogP contribution in [0.5, 0.6) is 5.75 Å².